The standard InChI is InChI=1S/C13H19N5O/c1-5-6-19-13-11(14)12(15-7-16-13)18-10(4)8(2)9(3)17-18/h7H,5-6,14H2,1-4H3. The van der Waals surface area contributed by atoms with Crippen LogP contribution in [0, 0.1) is 20.8 Å². The molecule has 0 fully saturated rings. The van der Waals surface area contributed by atoms with Gasteiger partial charge in [0, 0.05) is 5.69 Å². The van der Waals surface area contributed by atoms with E-state index in [1.165, 1.54) is 6.33 Å². The Labute approximate surface area is 112 Å². The highest BCUT2D eigenvalue weighted by atomic mass is 16.5. The Kier molecular flexibility index (Phi) is 3.69. The van der Waals surface area contributed by atoms with Crippen molar-refractivity contribution in [2.75, 3.05) is 12.3 Å². The molecule has 0 amide bonds. The normalized spacial score (nSPS) is 10.7. The molecule has 0 unspecified atom stereocenters. The van der Waals surface area contributed by atoms with Crippen LogP contribution in [-0.2, 0) is 0 Å². The summed E-state index contributed by atoms with van der Waals surface area (Å²) >= 11 is 0. The van der Waals surface area contributed by atoms with Crippen molar-refractivity contribution in [2.45, 2.75) is 34.1 Å². The molecule has 0 radical (unpaired) electrons. The first kappa shape index (κ1) is 13.3. The number of nitrogens with two attached hydrogens (primary N) is 1. The topological polar surface area (TPSA) is 78.9 Å². The van der Waals surface area contributed by atoms with E-state index in [1.807, 2.05) is 27.7 Å². The molecule has 2 N–H and O–H groups in total. The van der Waals surface area contributed by atoms with Gasteiger partial charge in [-0.15, -0.1) is 0 Å². The van der Waals surface area contributed by atoms with Gasteiger partial charge in [0.15, 0.2) is 5.82 Å². The molecule has 0 saturated heterocycles. The van der Waals surface area contributed by atoms with Gasteiger partial charge in [0.05, 0.1) is 12.3 Å². The molecule has 0 atom stereocenters. The van der Waals surface area contributed by atoms with E-state index in [0.717, 1.165) is 23.4 Å². The molecule has 6 heteroatoms. The van der Waals surface area contributed by atoms with Crippen molar-refractivity contribution < 1.29 is 4.74 Å². The van der Waals surface area contributed by atoms with Crippen molar-refractivity contribution in [3.63, 3.8) is 0 Å². The van der Waals surface area contributed by atoms with Gasteiger partial charge in [0.1, 0.15) is 12.0 Å². The maximum atomic E-state index is 6.07. The van der Waals surface area contributed by atoms with Crippen LogP contribution < -0.4 is 10.5 Å². The van der Waals surface area contributed by atoms with Crippen LogP contribution in [0.25, 0.3) is 5.82 Å². The third-order valence-corrected chi connectivity index (χ3v) is 3.12. The summed E-state index contributed by atoms with van der Waals surface area (Å²) in [5, 5.41) is 4.45. The monoisotopic (exact) mass is 261 g/mol. The van der Waals surface area contributed by atoms with Crippen LogP contribution in [-0.4, -0.2) is 26.4 Å². The summed E-state index contributed by atoms with van der Waals surface area (Å²) in [6.07, 6.45) is 2.35. The average molecular weight is 261 g/mol. The molecule has 0 aliphatic rings. The molecule has 6 nitrogen and oxygen atoms in total. The van der Waals surface area contributed by atoms with E-state index in [9.17, 15) is 0 Å². The summed E-state index contributed by atoms with van der Waals surface area (Å²) in [6, 6.07) is 0. The minimum Gasteiger partial charge on any atom is -0.476 e. The zero-order chi connectivity index (χ0) is 14.0. The van der Waals surface area contributed by atoms with E-state index < -0.39 is 0 Å². The first-order valence-electron chi connectivity index (χ1n) is 6.32. The van der Waals surface area contributed by atoms with Crippen LogP contribution in [0.1, 0.15) is 30.3 Å². The number of ether oxygens (including phenoxy) is 1. The lowest BCUT2D eigenvalue weighted by molar-refractivity contribution is 0.306. The Bertz CT molecular complexity index is 591. The third kappa shape index (κ3) is 2.38. The summed E-state index contributed by atoms with van der Waals surface area (Å²) in [5.74, 6) is 0.979. The highest BCUT2D eigenvalue weighted by Gasteiger charge is 2.15. The highest BCUT2D eigenvalue weighted by molar-refractivity contribution is 5.60. The zero-order valence-electron chi connectivity index (χ0n) is 11.8. The molecule has 0 aromatic carbocycles. The van der Waals surface area contributed by atoms with Crippen molar-refractivity contribution >= 4 is 5.69 Å². The number of aromatic nitrogens is 4. The first-order valence-corrected chi connectivity index (χ1v) is 6.32. The third-order valence-electron chi connectivity index (χ3n) is 3.12. The predicted octanol–water partition coefficient (Wildman–Crippen LogP) is 1.96. The van der Waals surface area contributed by atoms with Gasteiger partial charge in [-0.05, 0) is 32.8 Å². The fourth-order valence-corrected chi connectivity index (χ4v) is 1.78. The molecule has 2 aromatic heterocycles. The molecule has 2 aromatic rings. The lowest BCUT2D eigenvalue weighted by Crippen LogP contribution is -2.10. The van der Waals surface area contributed by atoms with Crippen LogP contribution in [0.5, 0.6) is 5.88 Å². The molecule has 2 heterocycles. The van der Waals surface area contributed by atoms with Gasteiger partial charge in [-0.3, -0.25) is 0 Å². The van der Waals surface area contributed by atoms with Crippen molar-refractivity contribution in [1.29, 1.82) is 0 Å². The molecular formula is C13H19N5O. The second kappa shape index (κ2) is 5.26. The van der Waals surface area contributed by atoms with Crippen LogP contribution in [0.4, 0.5) is 5.69 Å². The van der Waals surface area contributed by atoms with Crippen LogP contribution >= 0.6 is 0 Å². The Morgan fingerprint density at radius 3 is 2.58 bits per heavy atom. The molecule has 102 valence electrons. The van der Waals surface area contributed by atoms with E-state index in [-0.39, 0.29) is 0 Å². The number of hydrogen-bond acceptors (Lipinski definition) is 5. The van der Waals surface area contributed by atoms with Crippen molar-refractivity contribution in [2.24, 2.45) is 0 Å². The minimum absolute atomic E-state index is 0.414. The second-order valence-corrected chi connectivity index (χ2v) is 4.47. The fraction of sp³-hybridized carbons (Fsp3) is 0.462. The molecule has 0 aliphatic carbocycles. The molecule has 0 bridgehead atoms. The van der Waals surface area contributed by atoms with Gasteiger partial charge in [-0.2, -0.15) is 10.1 Å². The van der Waals surface area contributed by atoms with Crippen molar-refractivity contribution in [3.8, 4) is 11.7 Å². The van der Waals surface area contributed by atoms with Gasteiger partial charge in [0.25, 0.3) is 0 Å². The van der Waals surface area contributed by atoms with E-state index in [0.29, 0.717) is 24.0 Å². The number of nitrogen functional groups attached to an aromatic ring is 1. The zero-order valence-corrected chi connectivity index (χ0v) is 11.8. The van der Waals surface area contributed by atoms with E-state index >= 15 is 0 Å². The Hall–Kier alpha value is -2.11. The summed E-state index contributed by atoms with van der Waals surface area (Å²) in [4.78, 5) is 8.28. The molecule has 0 aliphatic heterocycles. The number of anilines is 1. The highest BCUT2D eigenvalue weighted by Crippen LogP contribution is 2.25. The summed E-state index contributed by atoms with van der Waals surface area (Å²) < 4.78 is 7.24. The van der Waals surface area contributed by atoms with Crippen LogP contribution in [0.2, 0.25) is 0 Å². The van der Waals surface area contributed by atoms with Crippen molar-refractivity contribution in [1.82, 2.24) is 19.7 Å². The number of nitrogens with zero attached hydrogens (tertiary/aromatic N) is 4. The number of rotatable bonds is 4. The maximum absolute atomic E-state index is 6.07. The minimum atomic E-state index is 0.414. The van der Waals surface area contributed by atoms with Gasteiger partial charge in [0.2, 0.25) is 5.88 Å². The predicted molar refractivity (Wildman–Crippen MR) is 73.6 cm³/mol. The lowest BCUT2D eigenvalue weighted by Gasteiger charge is -2.10. The number of aryl methyl sites for hydroxylation is 1. The molecule has 19 heavy (non-hydrogen) atoms. The smallest absolute Gasteiger partial charge is 0.242 e. The quantitative estimate of drug-likeness (QED) is 0.910. The Balaban J connectivity index is 2.47. The van der Waals surface area contributed by atoms with Crippen LogP contribution in [0.15, 0.2) is 6.33 Å². The van der Waals surface area contributed by atoms with Gasteiger partial charge < -0.3 is 10.5 Å². The van der Waals surface area contributed by atoms with E-state index in [4.69, 9.17) is 10.5 Å². The summed E-state index contributed by atoms with van der Waals surface area (Å²) in [6.45, 7) is 8.59. The number of hydrogen-bond donors (Lipinski definition) is 1. The lowest BCUT2D eigenvalue weighted by atomic mass is 10.2. The molecule has 0 saturated carbocycles. The SMILES string of the molecule is CCCOc1ncnc(-n2nc(C)c(C)c2C)c1N. The fourth-order valence-electron chi connectivity index (χ4n) is 1.78. The molecule has 0 spiro atoms. The summed E-state index contributed by atoms with van der Waals surface area (Å²) in [5.41, 5.74) is 9.61. The average Bonchev–Trinajstić information content (AvgIpc) is 2.65. The summed E-state index contributed by atoms with van der Waals surface area (Å²) in [7, 11) is 0. The van der Waals surface area contributed by atoms with Gasteiger partial charge in [-0.25, -0.2) is 9.67 Å². The Morgan fingerprint density at radius 1 is 1.26 bits per heavy atom. The molecule has 2 rings (SSSR count). The Morgan fingerprint density at radius 2 is 2.00 bits per heavy atom. The second-order valence-electron chi connectivity index (χ2n) is 4.47. The van der Waals surface area contributed by atoms with Crippen LogP contribution in [0.3, 0.4) is 0 Å². The van der Waals surface area contributed by atoms with E-state index in [2.05, 4.69) is 15.1 Å². The van der Waals surface area contributed by atoms with Gasteiger partial charge in [-0.1, -0.05) is 6.92 Å². The largest absolute Gasteiger partial charge is 0.476 e. The van der Waals surface area contributed by atoms with Crippen molar-refractivity contribution in [3.05, 3.63) is 23.3 Å². The van der Waals surface area contributed by atoms with E-state index in [1.54, 1.807) is 4.68 Å². The maximum Gasteiger partial charge on any atom is 0.242 e. The molecular weight excluding hydrogens is 242 g/mol. The first-order chi connectivity index (χ1) is 9.06. The van der Waals surface area contributed by atoms with Gasteiger partial charge >= 0.3 is 0 Å².